The number of pyridine rings is 1. The van der Waals surface area contributed by atoms with Gasteiger partial charge in [-0.3, -0.25) is 9.39 Å². The maximum atomic E-state index is 5.92. The molecule has 0 radical (unpaired) electrons. The van der Waals surface area contributed by atoms with Crippen LogP contribution in [0.25, 0.3) is 16.6 Å². The molecule has 0 fully saturated rings. The van der Waals surface area contributed by atoms with Crippen LogP contribution in [-0.4, -0.2) is 34.2 Å². The summed E-state index contributed by atoms with van der Waals surface area (Å²) in [7, 11) is 1.76. The van der Waals surface area contributed by atoms with Crippen LogP contribution in [0.2, 0.25) is 0 Å². The molecule has 7 heteroatoms. The fraction of sp³-hybridized carbons (Fsp3) is 0.250. The smallest absolute Gasteiger partial charge is 0.191 e. The van der Waals surface area contributed by atoms with Gasteiger partial charge in [0.2, 0.25) is 0 Å². The van der Waals surface area contributed by atoms with E-state index >= 15 is 0 Å². The Labute approximate surface area is 157 Å². The molecule has 3 heterocycles. The lowest BCUT2D eigenvalue weighted by atomic mass is 10.2. The van der Waals surface area contributed by atoms with Gasteiger partial charge in [0, 0.05) is 31.6 Å². The lowest BCUT2D eigenvalue weighted by molar-refractivity contribution is 0.488. The minimum absolute atomic E-state index is 0.00229. The van der Waals surface area contributed by atoms with Crippen molar-refractivity contribution in [3.8, 4) is 0 Å². The average Bonchev–Trinajstić information content (AvgIpc) is 3.31. The van der Waals surface area contributed by atoms with Gasteiger partial charge >= 0.3 is 0 Å². The van der Waals surface area contributed by atoms with Crippen molar-refractivity contribution in [2.24, 2.45) is 4.99 Å². The first-order valence-corrected chi connectivity index (χ1v) is 8.99. The van der Waals surface area contributed by atoms with Gasteiger partial charge in [-0.2, -0.15) is 0 Å². The Morgan fingerprint density at radius 2 is 2.04 bits per heavy atom. The minimum atomic E-state index is -0.00229. The summed E-state index contributed by atoms with van der Waals surface area (Å²) >= 11 is 0. The van der Waals surface area contributed by atoms with E-state index in [2.05, 4.69) is 38.8 Å². The number of fused-ring (bicyclic) bond motifs is 2. The van der Waals surface area contributed by atoms with E-state index in [4.69, 9.17) is 4.42 Å². The molecule has 0 aliphatic heterocycles. The molecule has 1 unspecified atom stereocenters. The summed E-state index contributed by atoms with van der Waals surface area (Å²) in [6, 6.07) is 15.9. The topological polar surface area (TPSA) is 79.8 Å². The van der Waals surface area contributed by atoms with Gasteiger partial charge < -0.3 is 15.1 Å². The Morgan fingerprint density at radius 3 is 2.89 bits per heavy atom. The average molecular weight is 362 g/mol. The van der Waals surface area contributed by atoms with E-state index in [1.807, 2.05) is 53.1 Å². The highest BCUT2D eigenvalue weighted by molar-refractivity contribution is 5.81. The van der Waals surface area contributed by atoms with Gasteiger partial charge in [0.25, 0.3) is 0 Å². The first-order valence-electron chi connectivity index (χ1n) is 8.99. The second kappa shape index (κ2) is 7.49. The van der Waals surface area contributed by atoms with Crippen LogP contribution < -0.4 is 10.6 Å². The van der Waals surface area contributed by atoms with E-state index in [1.165, 1.54) is 0 Å². The summed E-state index contributed by atoms with van der Waals surface area (Å²) in [6.45, 7) is 2.75. The molecule has 4 aromatic rings. The van der Waals surface area contributed by atoms with Gasteiger partial charge in [-0.25, -0.2) is 0 Å². The zero-order valence-corrected chi connectivity index (χ0v) is 15.4. The Hall–Kier alpha value is -3.35. The van der Waals surface area contributed by atoms with Gasteiger partial charge in [-0.1, -0.05) is 24.3 Å². The van der Waals surface area contributed by atoms with Crippen molar-refractivity contribution in [3.63, 3.8) is 0 Å². The van der Waals surface area contributed by atoms with E-state index in [-0.39, 0.29) is 6.04 Å². The van der Waals surface area contributed by atoms with Crippen molar-refractivity contribution in [2.75, 3.05) is 13.6 Å². The molecule has 0 aliphatic rings. The van der Waals surface area contributed by atoms with Crippen LogP contribution in [0.15, 0.2) is 64.1 Å². The van der Waals surface area contributed by atoms with Crippen LogP contribution >= 0.6 is 0 Å². The predicted molar refractivity (Wildman–Crippen MR) is 106 cm³/mol. The molecule has 1 atom stereocenters. The number of para-hydroxylation sites is 1. The van der Waals surface area contributed by atoms with E-state index in [0.717, 1.165) is 40.6 Å². The number of nitrogens with one attached hydrogen (secondary N) is 2. The monoisotopic (exact) mass is 362 g/mol. The summed E-state index contributed by atoms with van der Waals surface area (Å²) in [4.78, 5) is 4.30. The van der Waals surface area contributed by atoms with E-state index in [9.17, 15) is 0 Å². The third kappa shape index (κ3) is 3.62. The van der Waals surface area contributed by atoms with Crippen molar-refractivity contribution in [3.05, 3.63) is 66.3 Å². The second-order valence-electron chi connectivity index (χ2n) is 6.35. The molecule has 138 valence electrons. The van der Waals surface area contributed by atoms with Crippen LogP contribution in [0.3, 0.4) is 0 Å². The molecule has 2 N–H and O–H groups in total. The number of hydrogen-bond acceptors (Lipinski definition) is 4. The van der Waals surface area contributed by atoms with Crippen molar-refractivity contribution in [1.29, 1.82) is 0 Å². The van der Waals surface area contributed by atoms with Gasteiger partial charge in [-0.05, 0) is 31.2 Å². The van der Waals surface area contributed by atoms with Crippen molar-refractivity contribution >= 4 is 22.6 Å². The van der Waals surface area contributed by atoms with Crippen LogP contribution in [0.1, 0.15) is 24.6 Å². The number of nitrogens with zero attached hydrogens (tertiary/aromatic N) is 4. The van der Waals surface area contributed by atoms with Crippen LogP contribution in [0, 0.1) is 0 Å². The first kappa shape index (κ1) is 17.1. The molecule has 0 spiro atoms. The van der Waals surface area contributed by atoms with E-state index in [1.54, 1.807) is 7.05 Å². The lowest BCUT2D eigenvalue weighted by Gasteiger charge is -2.16. The van der Waals surface area contributed by atoms with Gasteiger partial charge in [0.05, 0.1) is 6.04 Å². The Kier molecular flexibility index (Phi) is 4.74. The lowest BCUT2D eigenvalue weighted by Crippen LogP contribution is -2.39. The number of aliphatic imine (C=N–C) groups is 1. The molecule has 0 bridgehead atoms. The molecule has 1 aromatic carbocycles. The van der Waals surface area contributed by atoms with Crippen molar-refractivity contribution in [2.45, 2.75) is 19.4 Å². The molecule has 7 nitrogen and oxygen atoms in total. The highest BCUT2D eigenvalue weighted by Gasteiger charge is 2.13. The highest BCUT2D eigenvalue weighted by atomic mass is 16.3. The van der Waals surface area contributed by atoms with Crippen LogP contribution in [0.5, 0.6) is 0 Å². The maximum absolute atomic E-state index is 5.92. The third-order valence-corrected chi connectivity index (χ3v) is 4.47. The Bertz CT molecular complexity index is 1050. The van der Waals surface area contributed by atoms with E-state index < -0.39 is 0 Å². The fourth-order valence-corrected chi connectivity index (χ4v) is 3.04. The number of hydrogen-bond donors (Lipinski definition) is 2. The molecule has 4 rings (SSSR count). The molecule has 0 amide bonds. The number of guanidine groups is 1. The zero-order valence-electron chi connectivity index (χ0n) is 15.4. The van der Waals surface area contributed by atoms with Crippen molar-refractivity contribution < 1.29 is 4.42 Å². The maximum Gasteiger partial charge on any atom is 0.191 e. The molecular weight excluding hydrogens is 340 g/mol. The van der Waals surface area contributed by atoms with Gasteiger partial charge in [0.1, 0.15) is 17.2 Å². The summed E-state index contributed by atoms with van der Waals surface area (Å²) in [5.41, 5.74) is 1.75. The molecular formula is C20H22N6O. The standard InChI is InChI=1S/C20H22N6O/c1-14(17-13-15-7-3-4-8-16(15)27-17)23-20(21-2)22-11-10-19-25-24-18-9-5-6-12-26(18)19/h3-9,12-14H,10-11H2,1-2H3,(H2,21,22,23). The van der Waals surface area contributed by atoms with Crippen LogP contribution in [-0.2, 0) is 6.42 Å². The van der Waals surface area contributed by atoms with Gasteiger partial charge in [-0.15, -0.1) is 10.2 Å². The summed E-state index contributed by atoms with van der Waals surface area (Å²) < 4.78 is 7.91. The largest absolute Gasteiger partial charge is 0.459 e. The fourth-order valence-electron chi connectivity index (χ4n) is 3.04. The van der Waals surface area contributed by atoms with Crippen LogP contribution in [0.4, 0.5) is 0 Å². The molecule has 3 aromatic heterocycles. The van der Waals surface area contributed by atoms with Crippen molar-refractivity contribution in [1.82, 2.24) is 25.2 Å². The SMILES string of the molecule is CN=C(NCCc1nnc2ccccn12)NC(C)c1cc2ccccc2o1. The number of furan rings is 1. The second-order valence-corrected chi connectivity index (χ2v) is 6.35. The molecule has 0 saturated carbocycles. The minimum Gasteiger partial charge on any atom is -0.459 e. The predicted octanol–water partition coefficient (Wildman–Crippen LogP) is 2.94. The third-order valence-electron chi connectivity index (χ3n) is 4.47. The zero-order chi connectivity index (χ0) is 18.6. The number of rotatable bonds is 5. The Morgan fingerprint density at radius 1 is 1.19 bits per heavy atom. The first-order chi connectivity index (χ1) is 13.2. The van der Waals surface area contributed by atoms with E-state index in [0.29, 0.717) is 6.54 Å². The molecule has 27 heavy (non-hydrogen) atoms. The summed E-state index contributed by atoms with van der Waals surface area (Å²) in [5, 5.41) is 16.2. The summed E-state index contributed by atoms with van der Waals surface area (Å²) in [6.07, 6.45) is 2.71. The summed E-state index contributed by atoms with van der Waals surface area (Å²) in [5.74, 6) is 2.51. The molecule has 0 aliphatic carbocycles. The normalized spacial score (nSPS) is 13.2. The molecule has 0 saturated heterocycles. The van der Waals surface area contributed by atoms with Gasteiger partial charge in [0.15, 0.2) is 11.6 Å². The highest BCUT2D eigenvalue weighted by Crippen LogP contribution is 2.23. The number of aromatic nitrogens is 3. The Balaban J connectivity index is 1.36. The number of benzene rings is 1. The quantitative estimate of drug-likeness (QED) is 0.421.